The van der Waals surface area contributed by atoms with Crippen LogP contribution in [0.15, 0.2) is 12.2 Å². The molecule has 0 aromatic carbocycles. The van der Waals surface area contributed by atoms with E-state index in [0.29, 0.717) is 25.5 Å². The number of aliphatic carboxylic acids is 1. The number of amides is 2. The maximum atomic E-state index is 11.7. The van der Waals surface area contributed by atoms with Crippen LogP contribution in [-0.4, -0.2) is 42.9 Å². The average Bonchev–Trinajstić information content (AvgIpc) is 2.86. The van der Waals surface area contributed by atoms with Crippen LogP contribution in [0, 0.1) is 11.8 Å². The fourth-order valence-corrected chi connectivity index (χ4v) is 2.41. The van der Waals surface area contributed by atoms with Crippen molar-refractivity contribution in [2.24, 2.45) is 11.8 Å². The number of carbonyl (C=O) groups is 2. The zero-order valence-electron chi connectivity index (χ0n) is 10.8. The molecule has 3 atom stereocenters. The van der Waals surface area contributed by atoms with Crippen LogP contribution < -0.4 is 10.6 Å². The highest BCUT2D eigenvalue weighted by molar-refractivity contribution is 5.76. The van der Waals surface area contributed by atoms with Gasteiger partial charge in [-0.1, -0.05) is 12.2 Å². The van der Waals surface area contributed by atoms with Gasteiger partial charge in [0.05, 0.1) is 18.6 Å². The maximum absolute atomic E-state index is 11.7. The first-order valence-corrected chi connectivity index (χ1v) is 6.68. The molecule has 6 heteroatoms. The zero-order chi connectivity index (χ0) is 13.7. The monoisotopic (exact) mass is 268 g/mol. The molecule has 0 saturated carbocycles. The smallest absolute Gasteiger partial charge is 0.315 e. The molecule has 1 heterocycles. The van der Waals surface area contributed by atoms with Crippen molar-refractivity contribution in [3.8, 4) is 0 Å². The number of carboxylic acid groups (broad SMARTS) is 1. The summed E-state index contributed by atoms with van der Waals surface area (Å²) in [5.41, 5.74) is 0. The molecule has 2 rings (SSSR count). The van der Waals surface area contributed by atoms with Gasteiger partial charge in [0.15, 0.2) is 0 Å². The third-order valence-corrected chi connectivity index (χ3v) is 3.52. The number of hydrogen-bond acceptors (Lipinski definition) is 3. The molecule has 3 unspecified atom stereocenters. The summed E-state index contributed by atoms with van der Waals surface area (Å²) in [5.74, 6) is -0.956. The minimum absolute atomic E-state index is 0.191. The second kappa shape index (κ2) is 6.56. The minimum Gasteiger partial charge on any atom is -0.481 e. The van der Waals surface area contributed by atoms with Crippen molar-refractivity contribution in [2.75, 3.05) is 19.8 Å². The van der Waals surface area contributed by atoms with E-state index in [9.17, 15) is 9.59 Å². The van der Waals surface area contributed by atoms with Gasteiger partial charge in [0.25, 0.3) is 0 Å². The first-order chi connectivity index (χ1) is 9.15. The van der Waals surface area contributed by atoms with Gasteiger partial charge in [-0.3, -0.25) is 4.79 Å². The molecule has 1 saturated heterocycles. The summed E-state index contributed by atoms with van der Waals surface area (Å²) in [5, 5.41) is 14.4. The molecule has 0 aromatic heterocycles. The first kappa shape index (κ1) is 13.9. The highest BCUT2D eigenvalue weighted by Gasteiger charge is 2.25. The molecule has 2 amide bonds. The average molecular weight is 268 g/mol. The molecule has 19 heavy (non-hydrogen) atoms. The topological polar surface area (TPSA) is 87.7 Å². The summed E-state index contributed by atoms with van der Waals surface area (Å²) in [4.78, 5) is 22.4. The highest BCUT2D eigenvalue weighted by Crippen LogP contribution is 2.17. The van der Waals surface area contributed by atoms with Gasteiger partial charge in [-0.25, -0.2) is 4.79 Å². The third-order valence-electron chi connectivity index (χ3n) is 3.52. The Morgan fingerprint density at radius 2 is 2.21 bits per heavy atom. The van der Waals surface area contributed by atoms with E-state index < -0.39 is 11.9 Å². The Bertz CT molecular complexity index is 364. The van der Waals surface area contributed by atoms with Gasteiger partial charge >= 0.3 is 12.0 Å². The molecule has 106 valence electrons. The fourth-order valence-electron chi connectivity index (χ4n) is 2.41. The van der Waals surface area contributed by atoms with E-state index in [4.69, 9.17) is 9.84 Å². The van der Waals surface area contributed by atoms with Crippen LogP contribution in [0.25, 0.3) is 0 Å². The largest absolute Gasteiger partial charge is 0.481 e. The van der Waals surface area contributed by atoms with Crippen molar-refractivity contribution >= 4 is 12.0 Å². The van der Waals surface area contributed by atoms with Crippen LogP contribution in [0.3, 0.4) is 0 Å². The maximum Gasteiger partial charge on any atom is 0.315 e. The van der Waals surface area contributed by atoms with Crippen molar-refractivity contribution < 1.29 is 19.4 Å². The molecule has 0 radical (unpaired) electrons. The van der Waals surface area contributed by atoms with Gasteiger partial charge in [-0.05, 0) is 25.2 Å². The molecule has 3 N–H and O–H groups in total. The number of hydrogen-bond donors (Lipinski definition) is 3. The van der Waals surface area contributed by atoms with Gasteiger partial charge in [-0.2, -0.15) is 0 Å². The van der Waals surface area contributed by atoms with Crippen LogP contribution in [0.2, 0.25) is 0 Å². The molecule has 6 nitrogen and oxygen atoms in total. The fraction of sp³-hybridized carbons (Fsp3) is 0.692. The lowest BCUT2D eigenvalue weighted by molar-refractivity contribution is -0.140. The van der Waals surface area contributed by atoms with E-state index >= 15 is 0 Å². The molecule has 0 bridgehead atoms. The molecule has 1 fully saturated rings. The van der Waals surface area contributed by atoms with Gasteiger partial charge < -0.3 is 20.5 Å². The van der Waals surface area contributed by atoms with Crippen LogP contribution in [0.1, 0.15) is 19.3 Å². The number of carbonyl (C=O) groups excluding carboxylic acids is 1. The normalized spacial score (nSPS) is 30.0. The van der Waals surface area contributed by atoms with E-state index in [-0.39, 0.29) is 12.1 Å². The Morgan fingerprint density at radius 3 is 2.84 bits per heavy atom. The Kier molecular flexibility index (Phi) is 4.79. The van der Waals surface area contributed by atoms with Crippen molar-refractivity contribution in [3.05, 3.63) is 12.2 Å². The first-order valence-electron chi connectivity index (χ1n) is 6.68. The van der Waals surface area contributed by atoms with Crippen molar-refractivity contribution in [1.29, 1.82) is 0 Å². The second-order valence-electron chi connectivity index (χ2n) is 5.11. The number of urea groups is 1. The summed E-state index contributed by atoms with van der Waals surface area (Å²) < 4.78 is 5.34. The molecular weight excluding hydrogens is 248 g/mol. The van der Waals surface area contributed by atoms with E-state index in [1.807, 2.05) is 0 Å². The Hall–Kier alpha value is -1.56. The summed E-state index contributed by atoms with van der Waals surface area (Å²) >= 11 is 0. The highest BCUT2D eigenvalue weighted by atomic mass is 16.5. The molecule has 0 spiro atoms. The summed E-state index contributed by atoms with van der Waals surface area (Å²) in [7, 11) is 0. The van der Waals surface area contributed by atoms with Crippen LogP contribution >= 0.6 is 0 Å². The summed E-state index contributed by atoms with van der Waals surface area (Å²) in [6, 6.07) is -0.435. The summed E-state index contributed by atoms with van der Waals surface area (Å²) in [6.07, 6.45) is 5.91. The number of carboxylic acids is 1. The Balaban J connectivity index is 1.65. The van der Waals surface area contributed by atoms with Gasteiger partial charge in [0.2, 0.25) is 0 Å². The number of rotatable bonds is 4. The lowest BCUT2D eigenvalue weighted by atomic mass is 10.0. The van der Waals surface area contributed by atoms with Gasteiger partial charge in [-0.15, -0.1) is 0 Å². The Morgan fingerprint density at radius 1 is 1.37 bits per heavy atom. The quantitative estimate of drug-likeness (QED) is 0.656. The van der Waals surface area contributed by atoms with Crippen molar-refractivity contribution in [3.63, 3.8) is 0 Å². The van der Waals surface area contributed by atoms with Gasteiger partial charge in [0.1, 0.15) is 0 Å². The standard InChI is InChI=1S/C13H20N2O4/c16-12(17)10-3-4-11(6-10)15-13(18)14-7-9-2-1-5-19-8-9/h3-4,9-11H,1-2,5-8H2,(H,16,17)(H2,14,15,18). The van der Waals surface area contributed by atoms with E-state index in [0.717, 1.165) is 19.4 Å². The van der Waals surface area contributed by atoms with Gasteiger partial charge in [0, 0.05) is 13.2 Å². The van der Waals surface area contributed by atoms with E-state index in [1.54, 1.807) is 12.2 Å². The predicted octanol–water partition coefficient (Wildman–Crippen LogP) is 0.741. The Labute approximate surface area is 112 Å². The summed E-state index contributed by atoms with van der Waals surface area (Å²) in [6.45, 7) is 2.11. The molecule has 2 aliphatic rings. The lowest BCUT2D eigenvalue weighted by Crippen LogP contribution is -2.43. The molecule has 1 aliphatic carbocycles. The predicted molar refractivity (Wildman–Crippen MR) is 68.7 cm³/mol. The SMILES string of the molecule is O=C(NCC1CCCOC1)NC1C=CC(C(=O)O)C1. The number of ether oxygens (including phenoxy) is 1. The number of nitrogens with one attached hydrogen (secondary N) is 2. The van der Waals surface area contributed by atoms with Crippen LogP contribution in [0.5, 0.6) is 0 Å². The van der Waals surface area contributed by atoms with Crippen molar-refractivity contribution in [1.82, 2.24) is 10.6 Å². The minimum atomic E-state index is -0.847. The van der Waals surface area contributed by atoms with E-state index in [1.165, 1.54) is 0 Å². The zero-order valence-corrected chi connectivity index (χ0v) is 10.8. The van der Waals surface area contributed by atoms with Crippen LogP contribution in [0.4, 0.5) is 4.79 Å². The van der Waals surface area contributed by atoms with Crippen molar-refractivity contribution in [2.45, 2.75) is 25.3 Å². The third kappa shape index (κ3) is 4.24. The molecule has 1 aliphatic heterocycles. The molecule has 0 aromatic rings. The van der Waals surface area contributed by atoms with Crippen LogP contribution in [-0.2, 0) is 9.53 Å². The van der Waals surface area contributed by atoms with E-state index in [2.05, 4.69) is 10.6 Å². The second-order valence-corrected chi connectivity index (χ2v) is 5.11. The lowest BCUT2D eigenvalue weighted by Gasteiger charge is -2.22. The molecular formula is C13H20N2O4.